The Hall–Kier alpha value is -0.930. The standard InChI is InChI=1S/C17H27FN2/c1-5-19-17-9-10-20(13(3)12(17)2)14(4)15-7-6-8-16(18)11-15/h6-8,11-14,17,19H,5,9-10H2,1-4H3. The summed E-state index contributed by atoms with van der Waals surface area (Å²) in [5.41, 5.74) is 1.07. The fourth-order valence-electron chi connectivity index (χ4n) is 3.45. The van der Waals surface area contributed by atoms with Crippen LogP contribution in [0.3, 0.4) is 0 Å². The molecular weight excluding hydrogens is 251 g/mol. The van der Waals surface area contributed by atoms with Crippen LogP contribution in [-0.2, 0) is 0 Å². The zero-order valence-corrected chi connectivity index (χ0v) is 13.1. The summed E-state index contributed by atoms with van der Waals surface area (Å²) in [5.74, 6) is 0.470. The lowest BCUT2D eigenvalue weighted by Gasteiger charge is -2.46. The van der Waals surface area contributed by atoms with Gasteiger partial charge in [-0.1, -0.05) is 26.0 Å². The van der Waals surface area contributed by atoms with Gasteiger partial charge in [-0.05, 0) is 50.4 Å². The number of piperidine rings is 1. The average molecular weight is 278 g/mol. The van der Waals surface area contributed by atoms with Crippen LogP contribution in [0.4, 0.5) is 4.39 Å². The Balaban J connectivity index is 2.09. The molecule has 112 valence electrons. The lowest BCUT2D eigenvalue weighted by Crippen LogP contribution is -2.53. The second-order valence-electron chi connectivity index (χ2n) is 6.02. The lowest BCUT2D eigenvalue weighted by molar-refractivity contribution is 0.0528. The van der Waals surface area contributed by atoms with Gasteiger partial charge in [0.05, 0.1) is 0 Å². The van der Waals surface area contributed by atoms with Gasteiger partial charge in [-0.25, -0.2) is 4.39 Å². The average Bonchev–Trinajstić information content (AvgIpc) is 2.44. The van der Waals surface area contributed by atoms with Gasteiger partial charge in [-0.3, -0.25) is 4.90 Å². The minimum atomic E-state index is -0.141. The van der Waals surface area contributed by atoms with Crippen molar-refractivity contribution in [3.05, 3.63) is 35.6 Å². The third kappa shape index (κ3) is 3.21. The topological polar surface area (TPSA) is 15.3 Å². The smallest absolute Gasteiger partial charge is 0.123 e. The molecule has 1 fully saturated rings. The summed E-state index contributed by atoms with van der Waals surface area (Å²) in [6, 6.07) is 8.39. The van der Waals surface area contributed by atoms with Crippen molar-refractivity contribution in [2.24, 2.45) is 5.92 Å². The molecule has 0 amide bonds. The Kier molecular flexibility index (Phi) is 5.17. The summed E-state index contributed by atoms with van der Waals surface area (Å²) in [6.45, 7) is 11.1. The van der Waals surface area contributed by atoms with E-state index in [1.54, 1.807) is 12.1 Å². The summed E-state index contributed by atoms with van der Waals surface area (Å²) in [4.78, 5) is 2.51. The first-order chi connectivity index (χ1) is 9.54. The van der Waals surface area contributed by atoms with Crippen LogP contribution in [0.5, 0.6) is 0 Å². The second-order valence-corrected chi connectivity index (χ2v) is 6.02. The van der Waals surface area contributed by atoms with Crippen LogP contribution in [0.15, 0.2) is 24.3 Å². The van der Waals surface area contributed by atoms with Crippen molar-refractivity contribution >= 4 is 0 Å². The van der Waals surface area contributed by atoms with E-state index in [0.717, 1.165) is 18.7 Å². The van der Waals surface area contributed by atoms with Crippen molar-refractivity contribution in [1.82, 2.24) is 10.2 Å². The first-order valence-electron chi connectivity index (χ1n) is 7.79. The number of halogens is 1. The molecule has 0 bridgehead atoms. The monoisotopic (exact) mass is 278 g/mol. The lowest BCUT2D eigenvalue weighted by atomic mass is 9.85. The molecule has 2 nitrogen and oxygen atoms in total. The maximum Gasteiger partial charge on any atom is 0.123 e. The van der Waals surface area contributed by atoms with E-state index in [0.29, 0.717) is 18.0 Å². The van der Waals surface area contributed by atoms with E-state index in [4.69, 9.17) is 0 Å². The molecular formula is C17H27FN2. The van der Waals surface area contributed by atoms with Crippen LogP contribution in [-0.4, -0.2) is 30.1 Å². The predicted octanol–water partition coefficient (Wildman–Crippen LogP) is 3.60. The number of likely N-dealkylation sites (tertiary alicyclic amines) is 1. The molecule has 1 saturated heterocycles. The van der Waals surface area contributed by atoms with Crippen molar-refractivity contribution in [1.29, 1.82) is 0 Å². The highest BCUT2D eigenvalue weighted by Gasteiger charge is 2.34. The van der Waals surface area contributed by atoms with Gasteiger partial charge in [0.2, 0.25) is 0 Å². The van der Waals surface area contributed by atoms with Gasteiger partial charge in [0, 0.05) is 24.7 Å². The zero-order chi connectivity index (χ0) is 14.7. The van der Waals surface area contributed by atoms with Gasteiger partial charge in [0.1, 0.15) is 5.82 Å². The molecule has 1 aliphatic rings. The van der Waals surface area contributed by atoms with Crippen LogP contribution in [0.2, 0.25) is 0 Å². The Labute approximate surface area is 122 Å². The maximum absolute atomic E-state index is 13.4. The highest BCUT2D eigenvalue weighted by atomic mass is 19.1. The van der Waals surface area contributed by atoms with E-state index < -0.39 is 0 Å². The van der Waals surface area contributed by atoms with Crippen LogP contribution in [0, 0.1) is 11.7 Å². The number of benzene rings is 1. The number of rotatable bonds is 4. The molecule has 1 aliphatic heterocycles. The molecule has 3 heteroatoms. The molecule has 0 radical (unpaired) electrons. The van der Waals surface area contributed by atoms with E-state index in [1.807, 2.05) is 6.07 Å². The molecule has 20 heavy (non-hydrogen) atoms. The van der Waals surface area contributed by atoms with E-state index in [-0.39, 0.29) is 11.9 Å². The Morgan fingerprint density at radius 3 is 2.80 bits per heavy atom. The summed E-state index contributed by atoms with van der Waals surface area (Å²) < 4.78 is 13.4. The third-order valence-electron chi connectivity index (χ3n) is 4.91. The second kappa shape index (κ2) is 6.68. The third-order valence-corrected chi connectivity index (χ3v) is 4.91. The molecule has 1 aromatic carbocycles. The predicted molar refractivity (Wildman–Crippen MR) is 82.2 cm³/mol. The Morgan fingerprint density at radius 1 is 1.40 bits per heavy atom. The first kappa shape index (κ1) is 15.5. The molecule has 4 atom stereocenters. The number of hydrogen-bond acceptors (Lipinski definition) is 2. The molecule has 0 spiro atoms. The number of nitrogens with zero attached hydrogens (tertiary/aromatic N) is 1. The molecule has 4 unspecified atom stereocenters. The SMILES string of the molecule is CCNC1CCN(C(C)c2cccc(F)c2)C(C)C1C. The van der Waals surface area contributed by atoms with E-state index in [1.165, 1.54) is 12.5 Å². The fourth-order valence-corrected chi connectivity index (χ4v) is 3.45. The summed E-state index contributed by atoms with van der Waals surface area (Å²) in [5, 5.41) is 3.59. The van der Waals surface area contributed by atoms with Crippen LogP contribution in [0.25, 0.3) is 0 Å². The number of hydrogen-bond donors (Lipinski definition) is 1. The number of nitrogens with one attached hydrogen (secondary N) is 1. The highest BCUT2D eigenvalue weighted by molar-refractivity contribution is 5.20. The Morgan fingerprint density at radius 2 is 2.15 bits per heavy atom. The largest absolute Gasteiger partial charge is 0.314 e. The van der Waals surface area contributed by atoms with Gasteiger partial charge in [-0.2, -0.15) is 0 Å². The van der Waals surface area contributed by atoms with E-state index in [2.05, 4.69) is 37.9 Å². The molecule has 0 saturated carbocycles. The van der Waals surface area contributed by atoms with E-state index in [9.17, 15) is 4.39 Å². The van der Waals surface area contributed by atoms with Crippen molar-refractivity contribution in [2.45, 2.75) is 52.2 Å². The van der Waals surface area contributed by atoms with Gasteiger partial charge in [0.25, 0.3) is 0 Å². The first-order valence-corrected chi connectivity index (χ1v) is 7.79. The quantitative estimate of drug-likeness (QED) is 0.905. The Bertz CT molecular complexity index is 435. The molecule has 1 N–H and O–H groups in total. The molecule has 0 aliphatic carbocycles. The zero-order valence-electron chi connectivity index (χ0n) is 13.1. The van der Waals surface area contributed by atoms with Crippen molar-refractivity contribution < 1.29 is 4.39 Å². The van der Waals surface area contributed by atoms with Crippen LogP contribution < -0.4 is 5.32 Å². The van der Waals surface area contributed by atoms with Gasteiger partial charge in [-0.15, -0.1) is 0 Å². The molecule has 2 rings (SSSR count). The summed E-state index contributed by atoms with van der Waals surface area (Å²) in [7, 11) is 0. The molecule has 0 aromatic heterocycles. The van der Waals surface area contributed by atoms with Crippen LogP contribution in [0.1, 0.15) is 45.7 Å². The minimum Gasteiger partial charge on any atom is -0.314 e. The summed E-state index contributed by atoms with van der Waals surface area (Å²) in [6.07, 6.45) is 1.17. The van der Waals surface area contributed by atoms with E-state index >= 15 is 0 Å². The summed E-state index contributed by atoms with van der Waals surface area (Å²) >= 11 is 0. The minimum absolute atomic E-state index is 0.141. The van der Waals surface area contributed by atoms with Gasteiger partial charge in [0.15, 0.2) is 0 Å². The molecule has 1 heterocycles. The van der Waals surface area contributed by atoms with Gasteiger partial charge >= 0.3 is 0 Å². The van der Waals surface area contributed by atoms with Gasteiger partial charge < -0.3 is 5.32 Å². The van der Waals surface area contributed by atoms with Crippen molar-refractivity contribution in [2.75, 3.05) is 13.1 Å². The highest BCUT2D eigenvalue weighted by Crippen LogP contribution is 2.31. The maximum atomic E-state index is 13.4. The van der Waals surface area contributed by atoms with Crippen molar-refractivity contribution in [3.8, 4) is 0 Å². The fraction of sp³-hybridized carbons (Fsp3) is 0.647. The molecule has 1 aromatic rings. The van der Waals surface area contributed by atoms with Crippen LogP contribution >= 0.6 is 0 Å². The normalized spacial score (nSPS) is 29.4. The van der Waals surface area contributed by atoms with Crippen molar-refractivity contribution in [3.63, 3.8) is 0 Å².